The van der Waals surface area contributed by atoms with E-state index in [0.717, 1.165) is 49.0 Å². The van der Waals surface area contributed by atoms with Gasteiger partial charge in [0.15, 0.2) is 5.65 Å². The van der Waals surface area contributed by atoms with E-state index in [-0.39, 0.29) is 0 Å². The Bertz CT molecular complexity index is 869. The van der Waals surface area contributed by atoms with Crippen molar-refractivity contribution in [2.75, 3.05) is 23.7 Å². The molecule has 26 heavy (non-hydrogen) atoms. The molecule has 0 atom stereocenters. The van der Waals surface area contributed by atoms with Crippen molar-refractivity contribution in [1.82, 2.24) is 15.0 Å². The van der Waals surface area contributed by atoms with Gasteiger partial charge in [-0.25, -0.2) is 15.0 Å². The van der Waals surface area contributed by atoms with Crippen LogP contribution in [-0.2, 0) is 6.42 Å². The van der Waals surface area contributed by atoms with Gasteiger partial charge in [-0.1, -0.05) is 25.5 Å². The van der Waals surface area contributed by atoms with Gasteiger partial charge in [-0.05, 0) is 50.5 Å². The molecule has 0 saturated carbocycles. The number of benzene rings is 1. The Kier molecular flexibility index (Phi) is 5.66. The third-order valence-electron chi connectivity index (χ3n) is 4.81. The molecule has 0 aliphatic carbocycles. The van der Waals surface area contributed by atoms with Crippen molar-refractivity contribution >= 4 is 22.5 Å². The van der Waals surface area contributed by atoms with Crippen LogP contribution in [0.4, 0.5) is 11.5 Å². The summed E-state index contributed by atoms with van der Waals surface area (Å²) in [4.78, 5) is 15.6. The van der Waals surface area contributed by atoms with E-state index in [9.17, 15) is 0 Å². The lowest BCUT2D eigenvalue weighted by Crippen LogP contribution is -2.21. The summed E-state index contributed by atoms with van der Waals surface area (Å²) in [6.07, 6.45) is 4.68. The molecule has 0 radical (unpaired) electrons. The van der Waals surface area contributed by atoms with E-state index >= 15 is 0 Å². The molecule has 2 N–H and O–H groups in total. The van der Waals surface area contributed by atoms with Crippen LogP contribution in [0.3, 0.4) is 0 Å². The maximum Gasteiger partial charge on any atom is 0.165 e. The Morgan fingerprint density at radius 3 is 2.38 bits per heavy atom. The molecule has 0 amide bonds. The van der Waals surface area contributed by atoms with Crippen molar-refractivity contribution in [3.63, 3.8) is 0 Å². The highest BCUT2D eigenvalue weighted by Crippen LogP contribution is 2.28. The number of hydrogen-bond donors (Lipinski definition) is 1. The van der Waals surface area contributed by atoms with Crippen LogP contribution in [0.2, 0.25) is 0 Å². The number of unbranched alkanes of at least 4 members (excludes halogenated alkanes) is 1. The van der Waals surface area contributed by atoms with Gasteiger partial charge < -0.3 is 10.6 Å². The zero-order valence-corrected chi connectivity index (χ0v) is 15.9. The van der Waals surface area contributed by atoms with E-state index in [1.807, 2.05) is 0 Å². The number of nitrogen functional groups attached to an aromatic ring is 1. The minimum atomic E-state index is 0.511. The van der Waals surface area contributed by atoms with Gasteiger partial charge in [-0.15, -0.1) is 0 Å². The monoisotopic (exact) mass is 349 g/mol. The molecule has 3 rings (SSSR count). The highest BCUT2D eigenvalue weighted by Gasteiger charge is 2.12. The zero-order chi connectivity index (χ0) is 18.5. The SMILES string of the molecule is CCCCc1cc(-c2ccc(N(CC)CC)cc2)nc2ncnc(N)c12. The molecule has 5 nitrogen and oxygen atoms in total. The van der Waals surface area contributed by atoms with Crippen LogP contribution >= 0.6 is 0 Å². The third-order valence-corrected chi connectivity index (χ3v) is 4.81. The molecule has 3 aromatic rings. The summed E-state index contributed by atoms with van der Waals surface area (Å²) in [5.41, 5.74) is 11.2. The molecule has 0 bridgehead atoms. The summed E-state index contributed by atoms with van der Waals surface area (Å²) in [7, 11) is 0. The molecular weight excluding hydrogens is 322 g/mol. The number of rotatable bonds is 7. The van der Waals surface area contributed by atoms with Crippen LogP contribution in [-0.4, -0.2) is 28.0 Å². The minimum Gasteiger partial charge on any atom is -0.383 e. The number of aryl methyl sites for hydroxylation is 1. The first-order valence-corrected chi connectivity index (χ1v) is 9.43. The Morgan fingerprint density at radius 2 is 1.73 bits per heavy atom. The number of nitrogens with two attached hydrogens (primary N) is 1. The summed E-state index contributed by atoms with van der Waals surface area (Å²) < 4.78 is 0. The molecule has 5 heteroatoms. The topological polar surface area (TPSA) is 67.9 Å². The van der Waals surface area contributed by atoms with Crippen molar-refractivity contribution in [1.29, 1.82) is 0 Å². The predicted molar refractivity (Wildman–Crippen MR) is 109 cm³/mol. The summed E-state index contributed by atoms with van der Waals surface area (Å²) in [5.74, 6) is 0.511. The number of aromatic nitrogens is 3. The summed E-state index contributed by atoms with van der Waals surface area (Å²) in [6.45, 7) is 8.54. The Balaban J connectivity index is 2.04. The van der Waals surface area contributed by atoms with Gasteiger partial charge in [-0.2, -0.15) is 0 Å². The smallest absolute Gasteiger partial charge is 0.165 e. The fraction of sp³-hybridized carbons (Fsp3) is 0.381. The zero-order valence-electron chi connectivity index (χ0n) is 15.9. The molecule has 0 fully saturated rings. The van der Waals surface area contributed by atoms with Crippen molar-refractivity contribution in [2.45, 2.75) is 40.0 Å². The van der Waals surface area contributed by atoms with Gasteiger partial charge in [0.2, 0.25) is 0 Å². The Hall–Kier alpha value is -2.69. The van der Waals surface area contributed by atoms with Crippen LogP contribution in [0.1, 0.15) is 39.2 Å². The van der Waals surface area contributed by atoms with E-state index in [4.69, 9.17) is 10.7 Å². The number of anilines is 2. The van der Waals surface area contributed by atoms with Gasteiger partial charge in [0, 0.05) is 24.3 Å². The number of fused-ring (bicyclic) bond motifs is 1. The minimum absolute atomic E-state index is 0.511. The molecule has 0 saturated heterocycles. The van der Waals surface area contributed by atoms with Crippen LogP contribution < -0.4 is 10.6 Å². The van der Waals surface area contributed by atoms with E-state index in [0.29, 0.717) is 11.5 Å². The summed E-state index contributed by atoms with van der Waals surface area (Å²) in [5, 5.41) is 0.893. The van der Waals surface area contributed by atoms with E-state index in [1.165, 1.54) is 17.6 Å². The second-order valence-electron chi connectivity index (χ2n) is 6.45. The third kappa shape index (κ3) is 3.62. The summed E-state index contributed by atoms with van der Waals surface area (Å²) in [6, 6.07) is 10.7. The maximum atomic E-state index is 6.10. The van der Waals surface area contributed by atoms with Crippen molar-refractivity contribution in [2.24, 2.45) is 0 Å². The molecule has 2 aromatic heterocycles. The highest BCUT2D eigenvalue weighted by molar-refractivity contribution is 5.90. The average Bonchev–Trinajstić information content (AvgIpc) is 2.67. The van der Waals surface area contributed by atoms with Crippen molar-refractivity contribution < 1.29 is 0 Å². The second kappa shape index (κ2) is 8.13. The largest absolute Gasteiger partial charge is 0.383 e. The van der Waals surface area contributed by atoms with Crippen molar-refractivity contribution in [3.8, 4) is 11.3 Å². The number of hydrogen-bond acceptors (Lipinski definition) is 5. The van der Waals surface area contributed by atoms with E-state index in [1.54, 1.807) is 0 Å². The predicted octanol–water partition coefficient (Wildman–Crippen LogP) is 4.46. The quantitative estimate of drug-likeness (QED) is 0.682. The number of nitrogens with zero attached hydrogens (tertiary/aromatic N) is 4. The van der Waals surface area contributed by atoms with Crippen molar-refractivity contribution in [3.05, 3.63) is 42.2 Å². The first-order valence-electron chi connectivity index (χ1n) is 9.43. The van der Waals surface area contributed by atoms with Crippen LogP contribution in [0, 0.1) is 0 Å². The molecule has 0 aliphatic heterocycles. The van der Waals surface area contributed by atoms with Gasteiger partial charge >= 0.3 is 0 Å². The second-order valence-corrected chi connectivity index (χ2v) is 6.45. The molecule has 2 heterocycles. The molecule has 0 unspecified atom stereocenters. The van der Waals surface area contributed by atoms with Gasteiger partial charge in [0.25, 0.3) is 0 Å². The first-order chi connectivity index (χ1) is 12.7. The fourth-order valence-corrected chi connectivity index (χ4v) is 3.31. The number of pyridine rings is 1. The summed E-state index contributed by atoms with van der Waals surface area (Å²) >= 11 is 0. The first kappa shape index (κ1) is 18.1. The van der Waals surface area contributed by atoms with Crippen LogP contribution in [0.15, 0.2) is 36.7 Å². The van der Waals surface area contributed by atoms with Gasteiger partial charge in [0.1, 0.15) is 12.1 Å². The molecule has 136 valence electrons. The normalized spacial score (nSPS) is 11.0. The lowest BCUT2D eigenvalue weighted by molar-refractivity contribution is 0.798. The van der Waals surface area contributed by atoms with E-state index < -0.39 is 0 Å². The molecule has 1 aromatic carbocycles. The average molecular weight is 349 g/mol. The Labute approximate surface area is 155 Å². The molecular formula is C21H27N5. The highest BCUT2D eigenvalue weighted by atomic mass is 15.1. The lowest BCUT2D eigenvalue weighted by atomic mass is 10.0. The van der Waals surface area contributed by atoms with Crippen LogP contribution in [0.5, 0.6) is 0 Å². The van der Waals surface area contributed by atoms with E-state index in [2.05, 4.69) is 66.0 Å². The maximum absolute atomic E-state index is 6.10. The van der Waals surface area contributed by atoms with Gasteiger partial charge in [0.05, 0.1) is 11.1 Å². The molecule has 0 spiro atoms. The Morgan fingerprint density at radius 1 is 1.00 bits per heavy atom. The van der Waals surface area contributed by atoms with Gasteiger partial charge in [-0.3, -0.25) is 0 Å². The molecule has 0 aliphatic rings. The lowest BCUT2D eigenvalue weighted by Gasteiger charge is -2.21. The van der Waals surface area contributed by atoms with Crippen LogP contribution in [0.25, 0.3) is 22.3 Å². The fourth-order valence-electron chi connectivity index (χ4n) is 3.31. The standard InChI is InChI=1S/C21H27N5/c1-4-7-8-16-13-18(25-21-19(16)20(22)23-14-24-21)15-9-11-17(12-10-15)26(5-2)6-3/h9-14H,4-8H2,1-3H3,(H2,22,23,24,25).